The van der Waals surface area contributed by atoms with Crippen LogP contribution in [0.3, 0.4) is 0 Å². The van der Waals surface area contributed by atoms with Gasteiger partial charge in [0.2, 0.25) is 0 Å². The van der Waals surface area contributed by atoms with Crippen LogP contribution in [0.5, 0.6) is 0 Å². The second kappa shape index (κ2) is 3.55. The molecule has 0 bridgehead atoms. The van der Waals surface area contributed by atoms with E-state index in [4.69, 9.17) is 0 Å². The molecule has 0 radical (unpaired) electrons. The normalized spacial score (nSPS) is 11.8. The third-order valence-electron chi connectivity index (χ3n) is 3.11. The summed E-state index contributed by atoms with van der Waals surface area (Å²) in [5.74, 6) is 0. The fourth-order valence-corrected chi connectivity index (χ4v) is 2.22. The molecule has 0 fully saturated rings. The minimum absolute atomic E-state index is 0.408. The SMILES string of the molecule is Cc1ccc2ncc3ncn(C(C)C)c3c2c1. The first-order chi connectivity index (χ1) is 8.16. The molecule has 0 saturated carbocycles. The Morgan fingerprint density at radius 3 is 2.71 bits per heavy atom. The Labute approximate surface area is 100 Å². The fraction of sp³-hybridized carbons (Fsp3) is 0.286. The molecular weight excluding hydrogens is 210 g/mol. The molecule has 0 saturated heterocycles. The quantitative estimate of drug-likeness (QED) is 0.635. The molecule has 2 heterocycles. The first kappa shape index (κ1) is 10.3. The Kier molecular flexibility index (Phi) is 2.15. The molecule has 0 atom stereocenters. The molecular formula is C14H15N3. The van der Waals surface area contributed by atoms with Crippen LogP contribution >= 0.6 is 0 Å². The number of rotatable bonds is 1. The molecule has 86 valence electrons. The van der Waals surface area contributed by atoms with Crippen molar-refractivity contribution in [2.45, 2.75) is 26.8 Å². The molecule has 0 spiro atoms. The van der Waals surface area contributed by atoms with E-state index in [0.29, 0.717) is 6.04 Å². The lowest BCUT2D eigenvalue weighted by Gasteiger charge is -2.10. The molecule has 3 nitrogen and oxygen atoms in total. The van der Waals surface area contributed by atoms with Gasteiger partial charge in [0, 0.05) is 11.4 Å². The molecule has 3 aromatic rings. The fourth-order valence-electron chi connectivity index (χ4n) is 2.22. The number of aryl methyl sites for hydroxylation is 1. The van der Waals surface area contributed by atoms with Crippen LogP contribution in [0.25, 0.3) is 21.9 Å². The molecule has 0 aliphatic rings. The second-order valence-corrected chi connectivity index (χ2v) is 4.76. The largest absolute Gasteiger partial charge is 0.327 e. The van der Waals surface area contributed by atoms with Gasteiger partial charge >= 0.3 is 0 Å². The molecule has 1 aromatic carbocycles. The Bertz CT molecular complexity index is 695. The Morgan fingerprint density at radius 2 is 1.94 bits per heavy atom. The van der Waals surface area contributed by atoms with Crippen molar-refractivity contribution in [2.24, 2.45) is 0 Å². The van der Waals surface area contributed by atoms with Crippen molar-refractivity contribution in [1.82, 2.24) is 14.5 Å². The molecule has 0 unspecified atom stereocenters. The molecule has 2 aromatic heterocycles. The summed E-state index contributed by atoms with van der Waals surface area (Å²) in [7, 11) is 0. The van der Waals surface area contributed by atoms with E-state index in [0.717, 1.165) is 11.0 Å². The van der Waals surface area contributed by atoms with Crippen LogP contribution in [-0.2, 0) is 0 Å². The van der Waals surface area contributed by atoms with Gasteiger partial charge in [-0.1, -0.05) is 11.6 Å². The first-order valence-electron chi connectivity index (χ1n) is 5.89. The molecule has 0 aliphatic carbocycles. The van der Waals surface area contributed by atoms with Gasteiger partial charge in [0.05, 0.1) is 23.6 Å². The number of aromatic nitrogens is 3. The lowest BCUT2D eigenvalue weighted by molar-refractivity contribution is 0.619. The van der Waals surface area contributed by atoms with Gasteiger partial charge in [0.1, 0.15) is 5.52 Å². The summed E-state index contributed by atoms with van der Waals surface area (Å²) in [4.78, 5) is 8.87. The predicted molar refractivity (Wildman–Crippen MR) is 70.2 cm³/mol. The zero-order valence-corrected chi connectivity index (χ0v) is 10.3. The van der Waals surface area contributed by atoms with Crippen molar-refractivity contribution in [2.75, 3.05) is 0 Å². The molecule has 0 amide bonds. The summed E-state index contributed by atoms with van der Waals surface area (Å²) in [6.07, 6.45) is 3.75. The van der Waals surface area contributed by atoms with Crippen molar-refractivity contribution in [3.05, 3.63) is 36.3 Å². The van der Waals surface area contributed by atoms with Crippen molar-refractivity contribution in [3.8, 4) is 0 Å². The maximum Gasteiger partial charge on any atom is 0.107 e. The summed E-state index contributed by atoms with van der Waals surface area (Å²) in [5, 5.41) is 1.19. The highest BCUT2D eigenvalue weighted by Gasteiger charge is 2.10. The minimum atomic E-state index is 0.408. The van der Waals surface area contributed by atoms with Gasteiger partial charge in [0.15, 0.2) is 0 Å². The monoisotopic (exact) mass is 225 g/mol. The van der Waals surface area contributed by atoms with Gasteiger partial charge in [-0.05, 0) is 32.9 Å². The number of hydrogen-bond acceptors (Lipinski definition) is 2. The summed E-state index contributed by atoms with van der Waals surface area (Å²) in [5.41, 5.74) is 4.44. The van der Waals surface area contributed by atoms with Gasteiger partial charge in [-0.3, -0.25) is 4.98 Å². The molecule has 3 rings (SSSR count). The minimum Gasteiger partial charge on any atom is -0.327 e. The molecule has 0 N–H and O–H groups in total. The maximum atomic E-state index is 4.45. The van der Waals surface area contributed by atoms with Gasteiger partial charge < -0.3 is 4.57 Å². The van der Waals surface area contributed by atoms with E-state index in [9.17, 15) is 0 Å². The van der Waals surface area contributed by atoms with E-state index in [1.54, 1.807) is 0 Å². The van der Waals surface area contributed by atoms with Gasteiger partial charge in [-0.25, -0.2) is 4.98 Å². The lowest BCUT2D eigenvalue weighted by atomic mass is 10.1. The average Bonchev–Trinajstić information content (AvgIpc) is 2.73. The summed E-state index contributed by atoms with van der Waals surface area (Å²) in [6, 6.07) is 6.76. The summed E-state index contributed by atoms with van der Waals surface area (Å²) in [6.45, 7) is 6.45. The van der Waals surface area contributed by atoms with Crippen molar-refractivity contribution >= 4 is 21.9 Å². The van der Waals surface area contributed by atoms with Crippen LogP contribution in [0.1, 0.15) is 25.5 Å². The standard InChI is InChI=1S/C14H15N3/c1-9(2)17-8-16-13-7-15-12-5-4-10(3)6-11(12)14(13)17/h4-9H,1-3H3. The highest BCUT2D eigenvalue weighted by molar-refractivity contribution is 6.02. The van der Waals surface area contributed by atoms with Crippen LogP contribution < -0.4 is 0 Å². The third-order valence-corrected chi connectivity index (χ3v) is 3.11. The van der Waals surface area contributed by atoms with Crippen molar-refractivity contribution in [1.29, 1.82) is 0 Å². The zero-order chi connectivity index (χ0) is 12.0. The Hall–Kier alpha value is -1.90. The van der Waals surface area contributed by atoms with Crippen molar-refractivity contribution < 1.29 is 0 Å². The van der Waals surface area contributed by atoms with Crippen LogP contribution in [0, 0.1) is 6.92 Å². The van der Waals surface area contributed by atoms with E-state index in [1.165, 1.54) is 16.5 Å². The van der Waals surface area contributed by atoms with Crippen LogP contribution in [0.15, 0.2) is 30.7 Å². The number of imidazole rings is 1. The number of nitrogens with zero attached hydrogens (tertiary/aromatic N) is 3. The molecule has 17 heavy (non-hydrogen) atoms. The zero-order valence-electron chi connectivity index (χ0n) is 10.3. The van der Waals surface area contributed by atoms with E-state index in [1.807, 2.05) is 12.5 Å². The highest BCUT2D eigenvalue weighted by atomic mass is 15.1. The number of pyridine rings is 1. The summed E-state index contributed by atoms with van der Waals surface area (Å²) < 4.78 is 2.21. The van der Waals surface area contributed by atoms with Gasteiger partial charge in [-0.2, -0.15) is 0 Å². The first-order valence-corrected chi connectivity index (χ1v) is 5.89. The number of hydrogen-bond donors (Lipinski definition) is 0. The highest BCUT2D eigenvalue weighted by Crippen LogP contribution is 2.25. The van der Waals surface area contributed by atoms with E-state index < -0.39 is 0 Å². The Balaban J connectivity index is 2.51. The molecule has 0 aliphatic heterocycles. The van der Waals surface area contributed by atoms with E-state index in [2.05, 4.69) is 53.5 Å². The van der Waals surface area contributed by atoms with Gasteiger partial charge in [-0.15, -0.1) is 0 Å². The predicted octanol–water partition coefficient (Wildman–Crippen LogP) is 3.47. The van der Waals surface area contributed by atoms with Crippen LogP contribution in [-0.4, -0.2) is 14.5 Å². The second-order valence-electron chi connectivity index (χ2n) is 4.76. The Morgan fingerprint density at radius 1 is 1.12 bits per heavy atom. The maximum absolute atomic E-state index is 4.45. The third kappa shape index (κ3) is 1.50. The van der Waals surface area contributed by atoms with Crippen molar-refractivity contribution in [3.63, 3.8) is 0 Å². The van der Waals surface area contributed by atoms with E-state index in [-0.39, 0.29) is 0 Å². The van der Waals surface area contributed by atoms with Crippen LogP contribution in [0.2, 0.25) is 0 Å². The van der Waals surface area contributed by atoms with Gasteiger partial charge in [0.25, 0.3) is 0 Å². The van der Waals surface area contributed by atoms with E-state index >= 15 is 0 Å². The average molecular weight is 225 g/mol. The lowest BCUT2D eigenvalue weighted by Crippen LogP contribution is -1.99. The number of benzene rings is 1. The molecule has 3 heteroatoms. The summed E-state index contributed by atoms with van der Waals surface area (Å²) >= 11 is 0. The smallest absolute Gasteiger partial charge is 0.107 e. The topological polar surface area (TPSA) is 30.7 Å². The number of fused-ring (bicyclic) bond motifs is 3. The van der Waals surface area contributed by atoms with Crippen LogP contribution in [0.4, 0.5) is 0 Å².